The van der Waals surface area contributed by atoms with Crippen LogP contribution in [0.3, 0.4) is 0 Å². The van der Waals surface area contributed by atoms with Gasteiger partial charge in [0.2, 0.25) is 16.9 Å². The predicted octanol–water partition coefficient (Wildman–Crippen LogP) is 3.10. The van der Waals surface area contributed by atoms with Crippen LogP contribution in [0.5, 0.6) is 0 Å². The molecule has 28 heavy (non-hydrogen) atoms. The van der Waals surface area contributed by atoms with Crippen molar-refractivity contribution in [1.82, 2.24) is 15.5 Å². The second-order valence-corrected chi connectivity index (χ2v) is 8.41. The van der Waals surface area contributed by atoms with Crippen LogP contribution in [0.25, 0.3) is 0 Å². The number of anilines is 1. The Balaban J connectivity index is 1.34. The van der Waals surface area contributed by atoms with Gasteiger partial charge in [0.15, 0.2) is 0 Å². The Bertz CT molecular complexity index is 878. The van der Waals surface area contributed by atoms with E-state index in [9.17, 15) is 9.59 Å². The summed E-state index contributed by atoms with van der Waals surface area (Å²) >= 11 is 1.42. The lowest BCUT2D eigenvalue weighted by atomic mass is 9.99. The summed E-state index contributed by atoms with van der Waals surface area (Å²) in [6.07, 6.45) is 7.75. The molecule has 0 bridgehead atoms. The molecule has 1 aliphatic heterocycles. The van der Waals surface area contributed by atoms with E-state index in [0.717, 1.165) is 23.4 Å². The lowest BCUT2D eigenvalue weighted by Gasteiger charge is -2.15. The largest absolute Gasteiger partial charge is 0.352 e. The number of hydrogen-bond acceptors (Lipinski definition) is 5. The predicted molar refractivity (Wildman–Crippen MR) is 109 cm³/mol. The van der Waals surface area contributed by atoms with E-state index in [1.165, 1.54) is 29.8 Å². The fourth-order valence-electron chi connectivity index (χ4n) is 3.67. The van der Waals surface area contributed by atoms with E-state index in [2.05, 4.69) is 21.6 Å². The minimum Gasteiger partial charge on any atom is -0.352 e. The first kappa shape index (κ1) is 18.8. The molecule has 2 aromatic rings. The van der Waals surface area contributed by atoms with Crippen molar-refractivity contribution < 1.29 is 9.59 Å². The zero-order valence-electron chi connectivity index (χ0n) is 15.8. The Morgan fingerprint density at radius 1 is 1.21 bits per heavy atom. The summed E-state index contributed by atoms with van der Waals surface area (Å²) in [6.45, 7) is 0.979. The number of carbonyl (C=O) groups is 2. The molecule has 4 rings (SSSR count). The first-order valence-corrected chi connectivity index (χ1v) is 10.6. The van der Waals surface area contributed by atoms with Gasteiger partial charge in [0, 0.05) is 25.9 Å². The zero-order valence-corrected chi connectivity index (χ0v) is 16.6. The van der Waals surface area contributed by atoms with E-state index in [1.807, 2.05) is 30.3 Å². The average Bonchev–Trinajstić information content (AvgIpc) is 3.34. The van der Waals surface area contributed by atoms with E-state index >= 15 is 0 Å². The molecule has 0 spiro atoms. The minimum atomic E-state index is -0.321. The third kappa shape index (κ3) is 4.47. The minimum absolute atomic E-state index is 0.0450. The van der Waals surface area contributed by atoms with Crippen LogP contribution in [0.15, 0.2) is 42.0 Å². The van der Waals surface area contributed by atoms with Gasteiger partial charge < -0.3 is 5.32 Å². The van der Waals surface area contributed by atoms with Gasteiger partial charge in [0.1, 0.15) is 5.01 Å². The van der Waals surface area contributed by atoms with Gasteiger partial charge in [-0.15, -0.1) is 10.2 Å². The van der Waals surface area contributed by atoms with E-state index in [0.29, 0.717) is 24.6 Å². The molecule has 1 aliphatic carbocycles. The van der Waals surface area contributed by atoms with Gasteiger partial charge in [-0.2, -0.15) is 0 Å². The maximum atomic E-state index is 12.5. The molecule has 1 unspecified atom stereocenters. The summed E-state index contributed by atoms with van der Waals surface area (Å²) in [6, 6.07) is 10.1. The molecule has 1 atom stereocenters. The number of nitrogens with one attached hydrogen (secondary N) is 1. The van der Waals surface area contributed by atoms with Crippen LogP contribution in [0, 0.1) is 5.92 Å². The summed E-state index contributed by atoms with van der Waals surface area (Å²) in [4.78, 5) is 26.6. The molecule has 6 nitrogen and oxygen atoms in total. The van der Waals surface area contributed by atoms with Crippen molar-refractivity contribution >= 4 is 28.3 Å². The summed E-state index contributed by atoms with van der Waals surface area (Å²) < 4.78 is 0. The van der Waals surface area contributed by atoms with Crippen LogP contribution >= 0.6 is 11.3 Å². The maximum absolute atomic E-state index is 12.5. The van der Waals surface area contributed by atoms with Crippen molar-refractivity contribution in [3.8, 4) is 0 Å². The number of amides is 2. The lowest BCUT2D eigenvalue weighted by molar-refractivity contribution is -0.126. The van der Waals surface area contributed by atoms with Crippen LogP contribution in [-0.4, -0.2) is 35.1 Å². The van der Waals surface area contributed by atoms with Gasteiger partial charge >= 0.3 is 0 Å². The van der Waals surface area contributed by atoms with Crippen LogP contribution in [0.4, 0.5) is 5.13 Å². The number of allylic oxidation sites excluding steroid dienone is 1. The Hall–Kier alpha value is -2.54. The number of carbonyl (C=O) groups excluding carboxylic acids is 2. The van der Waals surface area contributed by atoms with Crippen LogP contribution in [-0.2, 0) is 16.0 Å². The monoisotopic (exact) mass is 396 g/mol. The van der Waals surface area contributed by atoms with Gasteiger partial charge in [0.05, 0.1) is 5.92 Å². The van der Waals surface area contributed by atoms with Gasteiger partial charge in [-0.05, 0) is 31.2 Å². The molecule has 0 saturated carbocycles. The van der Waals surface area contributed by atoms with Crippen molar-refractivity contribution in [3.63, 3.8) is 0 Å². The molecule has 0 radical (unpaired) electrons. The molecule has 1 aromatic carbocycles. The number of nitrogens with zero attached hydrogens (tertiary/aromatic N) is 3. The highest BCUT2D eigenvalue weighted by atomic mass is 32.1. The molecule has 1 aromatic heterocycles. The molecule has 146 valence electrons. The van der Waals surface area contributed by atoms with Crippen molar-refractivity contribution in [1.29, 1.82) is 0 Å². The average molecular weight is 397 g/mol. The van der Waals surface area contributed by atoms with Crippen LogP contribution in [0.1, 0.15) is 42.7 Å². The highest BCUT2D eigenvalue weighted by molar-refractivity contribution is 7.15. The van der Waals surface area contributed by atoms with Gasteiger partial charge in [0.25, 0.3) is 0 Å². The highest BCUT2D eigenvalue weighted by Gasteiger charge is 2.36. The van der Waals surface area contributed by atoms with E-state index in [-0.39, 0.29) is 24.2 Å². The van der Waals surface area contributed by atoms with Crippen LogP contribution < -0.4 is 10.2 Å². The van der Waals surface area contributed by atoms with Crippen molar-refractivity contribution in [3.05, 3.63) is 52.6 Å². The van der Waals surface area contributed by atoms with E-state index < -0.39 is 0 Å². The standard InChI is InChI=1S/C21H24N4O2S/c26-19-12-17(20(27)22-13-16-9-5-2-6-10-16)14-25(19)21-24-23-18(28-21)11-15-7-3-1-4-8-15/h1,3-4,7-9,17H,2,5-6,10-14H2,(H,22,27). The molecule has 2 aliphatic rings. The van der Waals surface area contributed by atoms with Gasteiger partial charge in [-0.25, -0.2) is 0 Å². The maximum Gasteiger partial charge on any atom is 0.229 e. The Kier molecular flexibility index (Phi) is 5.81. The van der Waals surface area contributed by atoms with E-state index in [1.54, 1.807) is 4.90 Å². The van der Waals surface area contributed by atoms with Crippen molar-refractivity contribution in [2.45, 2.75) is 38.5 Å². The smallest absolute Gasteiger partial charge is 0.229 e. The Labute approximate surface area is 168 Å². The first-order chi connectivity index (χ1) is 13.7. The second-order valence-electron chi connectivity index (χ2n) is 7.37. The molecule has 2 heterocycles. The van der Waals surface area contributed by atoms with Crippen molar-refractivity contribution in [2.24, 2.45) is 5.92 Å². The Morgan fingerprint density at radius 3 is 2.86 bits per heavy atom. The van der Waals surface area contributed by atoms with Crippen LogP contribution in [0.2, 0.25) is 0 Å². The normalized spacial score (nSPS) is 19.6. The van der Waals surface area contributed by atoms with E-state index in [4.69, 9.17) is 0 Å². The zero-order chi connectivity index (χ0) is 19.3. The molecule has 2 amide bonds. The fraction of sp³-hybridized carbons (Fsp3) is 0.429. The molecule has 1 saturated heterocycles. The number of rotatable bonds is 6. The number of hydrogen-bond donors (Lipinski definition) is 1. The number of aromatic nitrogens is 2. The summed E-state index contributed by atoms with van der Waals surface area (Å²) in [5.41, 5.74) is 2.46. The third-order valence-electron chi connectivity index (χ3n) is 5.26. The molecule has 7 heteroatoms. The summed E-state index contributed by atoms with van der Waals surface area (Å²) in [5.74, 6) is -0.422. The quantitative estimate of drug-likeness (QED) is 0.762. The summed E-state index contributed by atoms with van der Waals surface area (Å²) in [5, 5.41) is 12.9. The molecule has 1 N–H and O–H groups in total. The Morgan fingerprint density at radius 2 is 2.07 bits per heavy atom. The second kappa shape index (κ2) is 8.65. The fourth-order valence-corrected chi connectivity index (χ4v) is 4.57. The third-order valence-corrected chi connectivity index (χ3v) is 6.20. The number of benzene rings is 1. The molecular weight excluding hydrogens is 372 g/mol. The summed E-state index contributed by atoms with van der Waals surface area (Å²) in [7, 11) is 0. The highest BCUT2D eigenvalue weighted by Crippen LogP contribution is 2.29. The van der Waals surface area contributed by atoms with Gasteiger partial charge in [-0.3, -0.25) is 14.5 Å². The van der Waals surface area contributed by atoms with Gasteiger partial charge in [-0.1, -0.05) is 53.3 Å². The molecule has 1 fully saturated rings. The lowest BCUT2D eigenvalue weighted by Crippen LogP contribution is -2.34. The first-order valence-electron chi connectivity index (χ1n) is 9.81. The molecular formula is C21H24N4O2S. The topological polar surface area (TPSA) is 75.2 Å². The van der Waals surface area contributed by atoms with Crippen molar-refractivity contribution in [2.75, 3.05) is 18.0 Å². The SMILES string of the molecule is O=C(NCC1=CCCCC1)C1CC(=O)N(c2nnc(Cc3ccccc3)s2)C1.